The van der Waals surface area contributed by atoms with Crippen LogP contribution < -0.4 is 0 Å². The lowest BCUT2D eigenvalue weighted by Gasteiger charge is -2.18. The van der Waals surface area contributed by atoms with Crippen LogP contribution >= 0.6 is 0 Å². The van der Waals surface area contributed by atoms with E-state index in [9.17, 15) is 14.4 Å². The van der Waals surface area contributed by atoms with Crippen molar-refractivity contribution in [1.29, 1.82) is 0 Å². The SMILES string of the molecule is CC\C=C/C=C\C=C/CCCCCCCCCC(=O)OC(COC(=O)CCCCCCCCCCCCCCC)COC(=O)CCCCCCCCCCCCCCCCCC. The topological polar surface area (TPSA) is 78.9 Å². The average Bonchev–Trinajstić information content (AvgIpc) is 3.27. The van der Waals surface area contributed by atoms with Gasteiger partial charge < -0.3 is 14.2 Å². The molecule has 6 heteroatoms. The summed E-state index contributed by atoms with van der Waals surface area (Å²) in [5, 5.41) is 0. The fourth-order valence-electron chi connectivity index (χ4n) is 7.91. The number of ether oxygens (including phenoxy) is 3. The first-order valence-electron chi connectivity index (χ1n) is 27.0. The van der Waals surface area contributed by atoms with Gasteiger partial charge in [0.1, 0.15) is 13.2 Å². The number of unbranched alkanes of at least 4 members (excludes halogenated alkanes) is 34. The van der Waals surface area contributed by atoms with Crippen molar-refractivity contribution in [2.24, 2.45) is 0 Å². The van der Waals surface area contributed by atoms with Crippen LogP contribution in [0.1, 0.15) is 284 Å². The molecule has 0 aliphatic rings. The summed E-state index contributed by atoms with van der Waals surface area (Å²) >= 11 is 0. The van der Waals surface area contributed by atoms with Gasteiger partial charge >= 0.3 is 17.9 Å². The molecule has 0 saturated carbocycles. The maximum Gasteiger partial charge on any atom is 0.306 e. The first-order valence-corrected chi connectivity index (χ1v) is 27.0. The molecule has 0 rings (SSSR count). The summed E-state index contributed by atoms with van der Waals surface area (Å²) in [6.07, 6.45) is 59.8. The quantitative estimate of drug-likeness (QED) is 0.0262. The van der Waals surface area contributed by atoms with Crippen LogP contribution in [0.4, 0.5) is 0 Å². The summed E-state index contributed by atoms with van der Waals surface area (Å²) < 4.78 is 16.8. The second-order valence-electron chi connectivity index (χ2n) is 18.2. The summed E-state index contributed by atoms with van der Waals surface area (Å²) in [5.74, 6) is -0.869. The average molecular weight is 871 g/mol. The minimum absolute atomic E-state index is 0.0726. The molecule has 0 fully saturated rings. The molecule has 0 amide bonds. The van der Waals surface area contributed by atoms with Crippen LogP contribution in [0.3, 0.4) is 0 Å². The Kier molecular flexibility index (Phi) is 49.3. The molecular formula is C56H102O6. The summed E-state index contributed by atoms with van der Waals surface area (Å²) in [6, 6.07) is 0. The van der Waals surface area contributed by atoms with Crippen LogP contribution in [0.2, 0.25) is 0 Å². The third-order valence-electron chi connectivity index (χ3n) is 12.0. The Hall–Kier alpha value is -2.37. The molecule has 0 heterocycles. The standard InChI is InChI=1S/C56H102O6/c1-4-7-10-13-16-19-22-25-27-29-31-34-37-40-43-46-49-55(58)61-52-53(51-60-54(57)48-45-42-39-36-33-30-24-21-18-15-12-9-6-3)62-56(59)50-47-44-41-38-35-32-28-26-23-20-17-14-11-8-5-2/h8,11,14,17,20,23,53H,4-7,9-10,12-13,15-16,18-19,21-22,24-52H2,1-3H3/b11-8-,17-14-,23-20-. The number of hydrogen-bond donors (Lipinski definition) is 0. The zero-order valence-electron chi connectivity index (χ0n) is 41.4. The Labute approximate surface area is 385 Å². The summed E-state index contributed by atoms with van der Waals surface area (Å²) in [4.78, 5) is 38.0. The monoisotopic (exact) mass is 871 g/mol. The molecule has 0 N–H and O–H groups in total. The number of allylic oxidation sites excluding steroid dienone is 6. The van der Waals surface area contributed by atoms with Gasteiger partial charge in [-0.15, -0.1) is 0 Å². The van der Waals surface area contributed by atoms with Crippen molar-refractivity contribution in [2.45, 2.75) is 290 Å². The van der Waals surface area contributed by atoms with Crippen molar-refractivity contribution in [1.82, 2.24) is 0 Å². The maximum absolute atomic E-state index is 12.8. The van der Waals surface area contributed by atoms with Crippen LogP contribution in [0.15, 0.2) is 36.5 Å². The highest BCUT2D eigenvalue weighted by atomic mass is 16.6. The molecule has 0 aliphatic heterocycles. The van der Waals surface area contributed by atoms with Crippen LogP contribution in [0.5, 0.6) is 0 Å². The lowest BCUT2D eigenvalue weighted by Crippen LogP contribution is -2.30. The smallest absolute Gasteiger partial charge is 0.306 e. The molecule has 0 aliphatic carbocycles. The van der Waals surface area contributed by atoms with E-state index in [1.807, 2.05) is 0 Å². The van der Waals surface area contributed by atoms with Crippen LogP contribution in [-0.4, -0.2) is 37.2 Å². The van der Waals surface area contributed by atoms with Gasteiger partial charge in [0.15, 0.2) is 6.10 Å². The first kappa shape index (κ1) is 59.6. The lowest BCUT2D eigenvalue weighted by atomic mass is 10.0. The lowest BCUT2D eigenvalue weighted by molar-refractivity contribution is -0.167. The third kappa shape index (κ3) is 48.7. The van der Waals surface area contributed by atoms with E-state index in [0.29, 0.717) is 19.3 Å². The van der Waals surface area contributed by atoms with Crippen LogP contribution in [0.25, 0.3) is 0 Å². The highest BCUT2D eigenvalue weighted by Gasteiger charge is 2.19. The molecule has 362 valence electrons. The third-order valence-corrected chi connectivity index (χ3v) is 12.0. The van der Waals surface area contributed by atoms with Gasteiger partial charge in [-0.2, -0.15) is 0 Å². The second kappa shape index (κ2) is 51.3. The predicted molar refractivity (Wildman–Crippen MR) is 266 cm³/mol. The van der Waals surface area contributed by atoms with E-state index in [4.69, 9.17) is 14.2 Å². The fraction of sp³-hybridized carbons (Fsp3) is 0.839. The maximum atomic E-state index is 12.8. The minimum Gasteiger partial charge on any atom is -0.462 e. The Morgan fingerprint density at radius 1 is 0.339 bits per heavy atom. The van der Waals surface area contributed by atoms with Gasteiger partial charge in [-0.1, -0.05) is 263 Å². The Bertz CT molecular complexity index is 1050. The molecule has 6 nitrogen and oxygen atoms in total. The molecule has 0 radical (unpaired) electrons. The van der Waals surface area contributed by atoms with Gasteiger partial charge in [-0.3, -0.25) is 14.4 Å². The van der Waals surface area contributed by atoms with Crippen molar-refractivity contribution in [3.63, 3.8) is 0 Å². The molecule has 0 aromatic heterocycles. The van der Waals surface area contributed by atoms with E-state index in [0.717, 1.165) is 70.6 Å². The normalized spacial score (nSPS) is 12.2. The number of rotatable bonds is 49. The molecule has 0 saturated heterocycles. The molecule has 0 spiro atoms. The Morgan fingerprint density at radius 2 is 0.629 bits per heavy atom. The van der Waals surface area contributed by atoms with Gasteiger partial charge in [-0.25, -0.2) is 0 Å². The van der Waals surface area contributed by atoms with E-state index in [1.54, 1.807) is 0 Å². The molecular weight excluding hydrogens is 769 g/mol. The van der Waals surface area contributed by atoms with E-state index >= 15 is 0 Å². The van der Waals surface area contributed by atoms with E-state index < -0.39 is 6.10 Å². The Balaban J connectivity index is 4.34. The number of carbonyl (C=O) groups excluding carboxylic acids is 3. The molecule has 0 aromatic carbocycles. The Morgan fingerprint density at radius 3 is 0.968 bits per heavy atom. The van der Waals surface area contributed by atoms with Crippen molar-refractivity contribution in [3.05, 3.63) is 36.5 Å². The molecule has 0 bridgehead atoms. The minimum atomic E-state index is -0.773. The van der Waals surface area contributed by atoms with E-state index in [1.165, 1.54) is 173 Å². The van der Waals surface area contributed by atoms with Crippen LogP contribution in [-0.2, 0) is 28.6 Å². The molecule has 1 unspecified atom stereocenters. The summed E-state index contributed by atoms with van der Waals surface area (Å²) in [6.45, 7) is 6.53. The predicted octanol–water partition coefficient (Wildman–Crippen LogP) is 17.7. The summed E-state index contributed by atoms with van der Waals surface area (Å²) in [5.41, 5.74) is 0. The van der Waals surface area contributed by atoms with Gasteiger partial charge in [-0.05, 0) is 38.5 Å². The van der Waals surface area contributed by atoms with Crippen molar-refractivity contribution in [3.8, 4) is 0 Å². The van der Waals surface area contributed by atoms with Gasteiger partial charge in [0, 0.05) is 19.3 Å². The number of hydrogen-bond acceptors (Lipinski definition) is 6. The highest BCUT2D eigenvalue weighted by Crippen LogP contribution is 2.16. The number of esters is 3. The molecule has 0 aromatic rings. The molecule has 1 atom stereocenters. The van der Waals surface area contributed by atoms with Crippen molar-refractivity contribution < 1.29 is 28.6 Å². The van der Waals surface area contributed by atoms with Gasteiger partial charge in [0.25, 0.3) is 0 Å². The first-order chi connectivity index (χ1) is 30.5. The fourth-order valence-corrected chi connectivity index (χ4v) is 7.91. The van der Waals surface area contributed by atoms with Gasteiger partial charge in [0.2, 0.25) is 0 Å². The highest BCUT2D eigenvalue weighted by molar-refractivity contribution is 5.71. The zero-order valence-corrected chi connectivity index (χ0v) is 41.4. The largest absolute Gasteiger partial charge is 0.462 e. The van der Waals surface area contributed by atoms with Crippen molar-refractivity contribution >= 4 is 17.9 Å². The van der Waals surface area contributed by atoms with E-state index in [2.05, 4.69) is 57.2 Å². The zero-order chi connectivity index (χ0) is 45.1. The summed E-state index contributed by atoms with van der Waals surface area (Å²) in [7, 11) is 0. The molecule has 62 heavy (non-hydrogen) atoms. The number of carbonyl (C=O) groups is 3. The van der Waals surface area contributed by atoms with Crippen molar-refractivity contribution in [2.75, 3.05) is 13.2 Å². The van der Waals surface area contributed by atoms with Crippen LogP contribution in [0, 0.1) is 0 Å². The second-order valence-corrected chi connectivity index (χ2v) is 18.2. The van der Waals surface area contributed by atoms with E-state index in [-0.39, 0.29) is 31.1 Å². The van der Waals surface area contributed by atoms with Gasteiger partial charge in [0.05, 0.1) is 0 Å².